The van der Waals surface area contributed by atoms with Crippen LogP contribution in [-0.4, -0.2) is 45.5 Å². The molecule has 4 nitrogen and oxygen atoms in total. The molecule has 0 unspecified atom stereocenters. The highest BCUT2D eigenvalue weighted by atomic mass is 16.6. The Hall–Kier alpha value is -1.26. The molecule has 0 radical (unpaired) electrons. The van der Waals surface area contributed by atoms with E-state index in [-0.39, 0.29) is 6.10 Å². The number of ether oxygens (including phenoxy) is 2. The van der Waals surface area contributed by atoms with Crippen LogP contribution in [0.3, 0.4) is 0 Å². The lowest BCUT2D eigenvalue weighted by atomic mass is 10.2. The summed E-state index contributed by atoms with van der Waals surface area (Å²) in [5.74, 6) is 0.942. The first-order chi connectivity index (χ1) is 8.42. The molecule has 4 heteroatoms. The van der Waals surface area contributed by atoms with Crippen LogP contribution in [-0.2, 0) is 4.74 Å². The van der Waals surface area contributed by atoms with Gasteiger partial charge >= 0.3 is 0 Å². The van der Waals surface area contributed by atoms with E-state index in [1.54, 1.807) is 0 Å². The van der Waals surface area contributed by atoms with E-state index in [9.17, 15) is 0 Å². The zero-order valence-corrected chi connectivity index (χ0v) is 9.89. The van der Waals surface area contributed by atoms with Gasteiger partial charge in [-0.3, -0.25) is 0 Å². The van der Waals surface area contributed by atoms with Crippen LogP contribution in [0.4, 0.5) is 5.69 Å². The zero-order valence-electron chi connectivity index (χ0n) is 9.89. The van der Waals surface area contributed by atoms with E-state index in [0.717, 1.165) is 45.1 Å². The highest BCUT2D eigenvalue weighted by Crippen LogP contribution is 2.21. The maximum absolute atomic E-state index is 5.74. The summed E-state index contributed by atoms with van der Waals surface area (Å²) in [5.41, 5.74) is 1.28. The predicted molar refractivity (Wildman–Crippen MR) is 66.8 cm³/mol. The summed E-state index contributed by atoms with van der Waals surface area (Å²) in [6, 6.07) is 8.38. The van der Waals surface area contributed by atoms with Crippen molar-refractivity contribution in [3.8, 4) is 5.75 Å². The lowest BCUT2D eigenvalue weighted by Crippen LogP contribution is -2.43. The standard InChI is InChI=1S/C13H18N2O2/c1-3-12(17-13-9-16-10-13)4-2-11(1)15-7-5-14-6-8-15/h1-4,13-14H,5-10H2. The molecule has 0 saturated carbocycles. The van der Waals surface area contributed by atoms with Gasteiger partial charge in [0.2, 0.25) is 0 Å². The van der Waals surface area contributed by atoms with Gasteiger partial charge in [-0.2, -0.15) is 0 Å². The van der Waals surface area contributed by atoms with Crippen molar-refractivity contribution in [3.63, 3.8) is 0 Å². The Balaban J connectivity index is 1.62. The van der Waals surface area contributed by atoms with Crippen molar-refractivity contribution in [3.05, 3.63) is 24.3 Å². The summed E-state index contributed by atoms with van der Waals surface area (Å²) in [6.45, 7) is 5.74. The van der Waals surface area contributed by atoms with E-state index in [1.807, 2.05) is 0 Å². The zero-order chi connectivity index (χ0) is 11.5. The van der Waals surface area contributed by atoms with Crippen LogP contribution in [0, 0.1) is 0 Å². The molecule has 0 bridgehead atoms. The van der Waals surface area contributed by atoms with Crippen LogP contribution >= 0.6 is 0 Å². The summed E-state index contributed by atoms with van der Waals surface area (Å²) in [6.07, 6.45) is 0.250. The van der Waals surface area contributed by atoms with Crippen LogP contribution in [0.2, 0.25) is 0 Å². The average molecular weight is 234 g/mol. The third kappa shape index (κ3) is 2.53. The van der Waals surface area contributed by atoms with Crippen molar-refractivity contribution in [2.24, 2.45) is 0 Å². The van der Waals surface area contributed by atoms with Gasteiger partial charge in [-0.15, -0.1) is 0 Å². The van der Waals surface area contributed by atoms with Crippen molar-refractivity contribution in [2.75, 3.05) is 44.3 Å². The molecule has 0 spiro atoms. The first kappa shape index (κ1) is 10.9. The second-order valence-corrected chi connectivity index (χ2v) is 4.51. The Morgan fingerprint density at radius 3 is 2.41 bits per heavy atom. The molecule has 1 aromatic rings. The molecule has 2 heterocycles. The maximum Gasteiger partial charge on any atom is 0.145 e. The lowest BCUT2D eigenvalue weighted by molar-refractivity contribution is -0.0796. The van der Waals surface area contributed by atoms with Crippen molar-refractivity contribution >= 4 is 5.69 Å². The number of benzene rings is 1. The fraction of sp³-hybridized carbons (Fsp3) is 0.538. The van der Waals surface area contributed by atoms with Gasteiger partial charge in [0.15, 0.2) is 0 Å². The number of anilines is 1. The van der Waals surface area contributed by atoms with E-state index in [1.165, 1.54) is 5.69 Å². The summed E-state index contributed by atoms with van der Waals surface area (Å²) in [7, 11) is 0. The quantitative estimate of drug-likeness (QED) is 0.841. The van der Waals surface area contributed by atoms with Gasteiger partial charge in [-0.25, -0.2) is 0 Å². The molecule has 0 amide bonds. The fourth-order valence-electron chi connectivity index (χ4n) is 2.13. The second kappa shape index (κ2) is 4.94. The molecule has 1 aromatic carbocycles. The Labute approximate surface area is 102 Å². The normalized spacial score (nSPS) is 21.1. The van der Waals surface area contributed by atoms with Crippen molar-refractivity contribution in [1.29, 1.82) is 0 Å². The van der Waals surface area contributed by atoms with Gasteiger partial charge in [-0.1, -0.05) is 0 Å². The first-order valence-corrected chi connectivity index (χ1v) is 6.22. The van der Waals surface area contributed by atoms with E-state index in [0.29, 0.717) is 0 Å². The van der Waals surface area contributed by atoms with Gasteiger partial charge in [0.1, 0.15) is 11.9 Å². The minimum Gasteiger partial charge on any atom is -0.486 e. The smallest absolute Gasteiger partial charge is 0.145 e. The molecule has 0 aliphatic carbocycles. The van der Waals surface area contributed by atoms with Crippen LogP contribution in [0.1, 0.15) is 0 Å². The molecule has 2 aliphatic heterocycles. The van der Waals surface area contributed by atoms with Crippen LogP contribution in [0.25, 0.3) is 0 Å². The molecule has 0 atom stereocenters. The minimum absolute atomic E-state index is 0.250. The SMILES string of the molecule is c1cc(N2CCNCC2)ccc1OC1COC1. The van der Waals surface area contributed by atoms with E-state index < -0.39 is 0 Å². The number of nitrogens with one attached hydrogen (secondary N) is 1. The molecular formula is C13H18N2O2. The van der Waals surface area contributed by atoms with E-state index in [4.69, 9.17) is 9.47 Å². The molecule has 2 saturated heterocycles. The molecular weight excluding hydrogens is 216 g/mol. The van der Waals surface area contributed by atoms with Gasteiger partial charge in [0.05, 0.1) is 13.2 Å². The number of hydrogen-bond donors (Lipinski definition) is 1. The molecule has 3 rings (SSSR count). The summed E-state index contributed by atoms with van der Waals surface area (Å²) >= 11 is 0. The molecule has 2 fully saturated rings. The van der Waals surface area contributed by atoms with Crippen LogP contribution in [0.5, 0.6) is 5.75 Å². The Morgan fingerprint density at radius 2 is 1.82 bits per heavy atom. The largest absolute Gasteiger partial charge is 0.486 e. The summed E-state index contributed by atoms with van der Waals surface area (Å²) < 4.78 is 10.8. The van der Waals surface area contributed by atoms with E-state index >= 15 is 0 Å². The topological polar surface area (TPSA) is 33.7 Å². The average Bonchev–Trinajstić information content (AvgIpc) is 2.36. The van der Waals surface area contributed by atoms with Crippen molar-refractivity contribution in [2.45, 2.75) is 6.10 Å². The molecule has 0 aromatic heterocycles. The monoisotopic (exact) mass is 234 g/mol. The second-order valence-electron chi connectivity index (χ2n) is 4.51. The number of nitrogens with zero attached hydrogens (tertiary/aromatic N) is 1. The highest BCUT2D eigenvalue weighted by Gasteiger charge is 2.20. The minimum atomic E-state index is 0.250. The van der Waals surface area contributed by atoms with Gasteiger partial charge in [0.25, 0.3) is 0 Å². The fourth-order valence-corrected chi connectivity index (χ4v) is 2.13. The molecule has 1 N–H and O–H groups in total. The number of hydrogen-bond acceptors (Lipinski definition) is 4. The highest BCUT2D eigenvalue weighted by molar-refractivity contribution is 5.49. The summed E-state index contributed by atoms with van der Waals surface area (Å²) in [4.78, 5) is 2.40. The van der Waals surface area contributed by atoms with Crippen LogP contribution < -0.4 is 15.0 Å². The van der Waals surface area contributed by atoms with Gasteiger partial charge in [0, 0.05) is 31.9 Å². The van der Waals surface area contributed by atoms with Gasteiger partial charge in [-0.05, 0) is 24.3 Å². The predicted octanol–water partition coefficient (Wildman–Crippen LogP) is 0.874. The number of piperazine rings is 1. The van der Waals surface area contributed by atoms with Crippen molar-refractivity contribution < 1.29 is 9.47 Å². The Bertz CT molecular complexity index is 356. The third-order valence-electron chi connectivity index (χ3n) is 3.23. The van der Waals surface area contributed by atoms with Crippen LogP contribution in [0.15, 0.2) is 24.3 Å². The maximum atomic E-state index is 5.74. The molecule has 92 valence electrons. The first-order valence-electron chi connectivity index (χ1n) is 6.22. The third-order valence-corrected chi connectivity index (χ3v) is 3.23. The molecule has 2 aliphatic rings. The van der Waals surface area contributed by atoms with Gasteiger partial charge < -0.3 is 19.7 Å². The van der Waals surface area contributed by atoms with E-state index in [2.05, 4.69) is 34.5 Å². The number of rotatable bonds is 3. The lowest BCUT2D eigenvalue weighted by Gasteiger charge is -2.30. The Kier molecular flexibility index (Phi) is 3.16. The summed E-state index contributed by atoms with van der Waals surface area (Å²) in [5, 5.41) is 3.36. The van der Waals surface area contributed by atoms with Crippen molar-refractivity contribution in [1.82, 2.24) is 5.32 Å². The Morgan fingerprint density at radius 1 is 1.12 bits per heavy atom. The molecule has 17 heavy (non-hydrogen) atoms.